The van der Waals surface area contributed by atoms with Crippen LogP contribution in [0, 0.1) is 0 Å². The van der Waals surface area contributed by atoms with E-state index < -0.39 is 10.0 Å². The Morgan fingerprint density at radius 2 is 1.92 bits per heavy atom. The van der Waals surface area contributed by atoms with E-state index in [0.717, 1.165) is 17.9 Å². The van der Waals surface area contributed by atoms with Crippen LogP contribution in [0.3, 0.4) is 0 Å². The van der Waals surface area contributed by atoms with E-state index in [4.69, 9.17) is 4.74 Å². The molecule has 0 aliphatic carbocycles. The Kier molecular flexibility index (Phi) is 9.18. The maximum atomic E-state index is 11.3. The topological polar surface area (TPSA) is 91.8 Å². The summed E-state index contributed by atoms with van der Waals surface area (Å²) < 4.78 is 30.5. The Morgan fingerprint density at radius 3 is 2.58 bits per heavy atom. The van der Waals surface area contributed by atoms with Crippen LogP contribution in [0.15, 0.2) is 29.3 Å². The van der Waals surface area contributed by atoms with E-state index in [1.807, 2.05) is 31.2 Å². The molecule has 1 aromatic carbocycles. The number of guanidine groups is 1. The van der Waals surface area contributed by atoms with Gasteiger partial charge in [-0.2, -0.15) is 0 Å². The summed E-state index contributed by atoms with van der Waals surface area (Å²) in [6, 6.07) is 7.76. The van der Waals surface area contributed by atoms with Crippen molar-refractivity contribution < 1.29 is 13.2 Å². The zero-order valence-electron chi connectivity index (χ0n) is 14.6. The molecule has 0 heterocycles. The first-order valence-electron chi connectivity index (χ1n) is 8.13. The van der Waals surface area contributed by atoms with E-state index in [-0.39, 0.29) is 5.75 Å². The minimum absolute atomic E-state index is 0.101. The van der Waals surface area contributed by atoms with Crippen molar-refractivity contribution in [3.05, 3.63) is 29.8 Å². The molecule has 24 heavy (non-hydrogen) atoms. The maximum absolute atomic E-state index is 11.3. The first-order chi connectivity index (χ1) is 11.5. The number of ether oxygens (including phenoxy) is 1. The molecule has 0 saturated heterocycles. The first-order valence-corrected chi connectivity index (χ1v) is 9.79. The number of sulfonamides is 1. The highest BCUT2D eigenvalue weighted by atomic mass is 32.2. The highest BCUT2D eigenvalue weighted by molar-refractivity contribution is 7.89. The molecule has 3 N–H and O–H groups in total. The van der Waals surface area contributed by atoms with Crippen LogP contribution in [0.25, 0.3) is 0 Å². The number of aliphatic imine (C=N–C) groups is 1. The number of hydrogen-bond acceptors (Lipinski definition) is 4. The van der Waals surface area contributed by atoms with Gasteiger partial charge in [0.15, 0.2) is 5.96 Å². The lowest BCUT2D eigenvalue weighted by Gasteiger charge is -2.12. The molecule has 1 aromatic rings. The summed E-state index contributed by atoms with van der Waals surface area (Å²) in [5.74, 6) is 1.61. The van der Waals surface area contributed by atoms with Crippen LogP contribution in [0.4, 0.5) is 0 Å². The Balaban J connectivity index is 2.48. The number of rotatable bonds is 10. The van der Waals surface area contributed by atoms with E-state index in [2.05, 4.69) is 20.3 Å². The molecule has 0 unspecified atom stereocenters. The second kappa shape index (κ2) is 10.9. The van der Waals surface area contributed by atoms with Gasteiger partial charge >= 0.3 is 0 Å². The summed E-state index contributed by atoms with van der Waals surface area (Å²) in [5, 5.41) is 6.36. The summed E-state index contributed by atoms with van der Waals surface area (Å²) in [5.41, 5.74) is 1.01. The predicted molar refractivity (Wildman–Crippen MR) is 97.9 cm³/mol. The molecule has 0 fully saturated rings. The van der Waals surface area contributed by atoms with Crippen molar-refractivity contribution in [2.45, 2.75) is 26.8 Å². The summed E-state index contributed by atoms with van der Waals surface area (Å²) in [6.45, 7) is 5.91. The lowest BCUT2D eigenvalue weighted by molar-refractivity contribution is 0.410. The Bertz CT molecular complexity index is 618. The third-order valence-electron chi connectivity index (χ3n) is 3.29. The van der Waals surface area contributed by atoms with Crippen molar-refractivity contribution >= 4 is 16.0 Å². The quantitative estimate of drug-likeness (QED) is 0.331. The molecule has 0 atom stereocenters. The molecule has 0 aromatic heterocycles. The first kappa shape index (κ1) is 20.2. The third kappa shape index (κ3) is 7.65. The highest BCUT2D eigenvalue weighted by Crippen LogP contribution is 2.17. The van der Waals surface area contributed by atoms with Gasteiger partial charge in [-0.1, -0.05) is 18.2 Å². The molecule has 1 rings (SSSR count). The Labute approximate surface area is 145 Å². The van der Waals surface area contributed by atoms with E-state index in [9.17, 15) is 8.42 Å². The summed E-state index contributed by atoms with van der Waals surface area (Å²) in [4.78, 5) is 4.53. The van der Waals surface area contributed by atoms with Crippen molar-refractivity contribution in [2.24, 2.45) is 4.99 Å². The monoisotopic (exact) mass is 356 g/mol. The molecule has 0 radical (unpaired) electrons. The lowest BCUT2D eigenvalue weighted by Crippen LogP contribution is -2.38. The minimum atomic E-state index is -3.12. The number of hydrogen-bond donors (Lipinski definition) is 3. The van der Waals surface area contributed by atoms with Gasteiger partial charge in [0.25, 0.3) is 0 Å². The van der Waals surface area contributed by atoms with Gasteiger partial charge in [0.1, 0.15) is 5.75 Å². The average Bonchev–Trinajstić information content (AvgIpc) is 2.59. The van der Waals surface area contributed by atoms with Gasteiger partial charge in [-0.3, -0.25) is 0 Å². The van der Waals surface area contributed by atoms with Gasteiger partial charge in [-0.05, 0) is 26.3 Å². The van der Waals surface area contributed by atoms with Crippen LogP contribution < -0.4 is 20.1 Å². The van der Waals surface area contributed by atoms with Gasteiger partial charge in [0.05, 0.1) is 19.4 Å². The molecule has 7 nitrogen and oxygen atoms in total. The van der Waals surface area contributed by atoms with Crippen molar-refractivity contribution in [1.29, 1.82) is 0 Å². The number of benzene rings is 1. The number of nitrogens with zero attached hydrogens (tertiary/aromatic N) is 1. The highest BCUT2D eigenvalue weighted by Gasteiger charge is 2.05. The molecule has 0 amide bonds. The summed E-state index contributed by atoms with van der Waals surface area (Å²) in [7, 11) is -1.48. The van der Waals surface area contributed by atoms with E-state index in [1.54, 1.807) is 14.0 Å². The molecule has 0 saturated carbocycles. The van der Waals surface area contributed by atoms with Gasteiger partial charge in [-0.25, -0.2) is 18.1 Å². The Hall–Kier alpha value is -1.80. The largest absolute Gasteiger partial charge is 0.496 e. The standard InChI is InChI=1S/C16H28N4O3S/c1-4-17-16(18-11-8-12-20-24(21,22)5-2)19-13-14-9-6-7-10-15(14)23-3/h6-7,9-10,20H,4-5,8,11-13H2,1-3H3,(H2,17,18,19). The normalized spacial score (nSPS) is 12.0. The zero-order chi connectivity index (χ0) is 17.8. The smallest absolute Gasteiger partial charge is 0.211 e. The van der Waals surface area contributed by atoms with Crippen molar-refractivity contribution in [3.8, 4) is 5.75 Å². The summed E-state index contributed by atoms with van der Waals surface area (Å²) in [6.07, 6.45) is 0.679. The van der Waals surface area contributed by atoms with Gasteiger partial charge in [0, 0.05) is 25.2 Å². The van der Waals surface area contributed by atoms with Crippen LogP contribution in [-0.4, -0.2) is 46.9 Å². The van der Waals surface area contributed by atoms with E-state index >= 15 is 0 Å². The fraction of sp³-hybridized carbons (Fsp3) is 0.562. The van der Waals surface area contributed by atoms with Crippen LogP contribution in [0.2, 0.25) is 0 Å². The molecule has 0 aliphatic heterocycles. The second-order valence-corrected chi connectivity index (χ2v) is 7.18. The van der Waals surface area contributed by atoms with Gasteiger partial charge < -0.3 is 15.4 Å². The van der Waals surface area contributed by atoms with Crippen molar-refractivity contribution in [3.63, 3.8) is 0 Å². The average molecular weight is 356 g/mol. The second-order valence-electron chi connectivity index (χ2n) is 5.09. The molecular weight excluding hydrogens is 328 g/mol. The molecular formula is C16H28N4O3S. The fourth-order valence-electron chi connectivity index (χ4n) is 1.96. The molecule has 0 spiro atoms. The van der Waals surface area contributed by atoms with Gasteiger partial charge in [0.2, 0.25) is 10.0 Å². The number of methoxy groups -OCH3 is 1. The molecule has 8 heteroatoms. The number of para-hydroxylation sites is 1. The predicted octanol–water partition coefficient (Wildman–Crippen LogP) is 1.08. The van der Waals surface area contributed by atoms with Gasteiger partial charge in [-0.15, -0.1) is 0 Å². The van der Waals surface area contributed by atoms with Crippen LogP contribution >= 0.6 is 0 Å². The molecule has 0 aliphatic rings. The lowest BCUT2D eigenvalue weighted by atomic mass is 10.2. The maximum Gasteiger partial charge on any atom is 0.211 e. The number of nitrogens with one attached hydrogen (secondary N) is 3. The third-order valence-corrected chi connectivity index (χ3v) is 4.70. The molecule has 0 bridgehead atoms. The summed E-state index contributed by atoms with van der Waals surface area (Å²) >= 11 is 0. The van der Waals surface area contributed by atoms with E-state index in [0.29, 0.717) is 32.0 Å². The Morgan fingerprint density at radius 1 is 1.17 bits per heavy atom. The minimum Gasteiger partial charge on any atom is -0.496 e. The fourth-order valence-corrected chi connectivity index (χ4v) is 2.62. The van der Waals surface area contributed by atoms with Crippen LogP contribution in [0.5, 0.6) is 5.75 Å². The zero-order valence-corrected chi connectivity index (χ0v) is 15.4. The SMILES string of the molecule is CCNC(=NCc1ccccc1OC)NCCCNS(=O)(=O)CC. The van der Waals surface area contributed by atoms with E-state index in [1.165, 1.54) is 0 Å². The van der Waals surface area contributed by atoms with Crippen LogP contribution in [-0.2, 0) is 16.6 Å². The molecule has 136 valence electrons. The van der Waals surface area contributed by atoms with Crippen molar-refractivity contribution in [1.82, 2.24) is 15.4 Å². The van der Waals surface area contributed by atoms with Crippen LogP contribution in [0.1, 0.15) is 25.8 Å². The van der Waals surface area contributed by atoms with Crippen molar-refractivity contribution in [2.75, 3.05) is 32.5 Å².